The van der Waals surface area contributed by atoms with Gasteiger partial charge in [0.05, 0.1) is 6.61 Å². The number of rotatable bonds is 1. The molecule has 0 spiro atoms. The first-order chi connectivity index (χ1) is 6.24. The third-order valence-electron chi connectivity index (χ3n) is 1.88. The predicted octanol–water partition coefficient (Wildman–Crippen LogP) is 3.92. The zero-order valence-corrected chi connectivity index (χ0v) is 10.5. The summed E-state index contributed by atoms with van der Waals surface area (Å²) in [5.41, 5.74) is 0.923. The van der Waals surface area contributed by atoms with E-state index in [1.54, 1.807) is 11.3 Å². The molecule has 0 saturated heterocycles. The molecule has 2 rings (SSSR count). The highest BCUT2D eigenvalue weighted by molar-refractivity contribution is 9.11. The van der Waals surface area contributed by atoms with Gasteiger partial charge in [-0.25, -0.2) is 0 Å². The summed E-state index contributed by atoms with van der Waals surface area (Å²) in [5, 5.41) is 12.3. The Morgan fingerprint density at radius 2 is 2.08 bits per heavy atom. The largest absolute Gasteiger partial charge is 0.392 e. The summed E-state index contributed by atoms with van der Waals surface area (Å²) in [4.78, 5) is 0. The maximum absolute atomic E-state index is 9.06. The summed E-state index contributed by atoms with van der Waals surface area (Å²) < 4.78 is 3.28. The van der Waals surface area contributed by atoms with Gasteiger partial charge in [-0.2, -0.15) is 0 Å². The maximum atomic E-state index is 9.06. The van der Waals surface area contributed by atoms with Gasteiger partial charge in [0.1, 0.15) is 0 Å². The Kier molecular flexibility index (Phi) is 2.74. The quantitative estimate of drug-likeness (QED) is 0.844. The van der Waals surface area contributed by atoms with Gasteiger partial charge in [0.25, 0.3) is 0 Å². The van der Waals surface area contributed by atoms with Crippen LogP contribution >= 0.6 is 43.2 Å². The van der Waals surface area contributed by atoms with E-state index in [0.717, 1.165) is 19.9 Å². The fraction of sp³-hybridized carbons (Fsp3) is 0.111. The summed E-state index contributed by atoms with van der Waals surface area (Å²) in [5.74, 6) is 0. The number of benzene rings is 1. The van der Waals surface area contributed by atoms with Gasteiger partial charge in [-0.15, -0.1) is 11.3 Å². The van der Waals surface area contributed by atoms with Crippen molar-refractivity contribution >= 4 is 53.3 Å². The Balaban J connectivity index is 2.83. The zero-order chi connectivity index (χ0) is 9.42. The highest BCUT2D eigenvalue weighted by Crippen LogP contribution is 2.37. The van der Waals surface area contributed by atoms with E-state index >= 15 is 0 Å². The van der Waals surface area contributed by atoms with E-state index < -0.39 is 0 Å². The van der Waals surface area contributed by atoms with E-state index in [-0.39, 0.29) is 6.61 Å². The van der Waals surface area contributed by atoms with Gasteiger partial charge in [0, 0.05) is 24.4 Å². The van der Waals surface area contributed by atoms with Crippen molar-refractivity contribution in [3.05, 3.63) is 32.0 Å². The second kappa shape index (κ2) is 3.69. The minimum atomic E-state index is 0.0683. The van der Waals surface area contributed by atoms with Gasteiger partial charge in [0.2, 0.25) is 0 Å². The molecule has 0 radical (unpaired) electrons. The smallest absolute Gasteiger partial charge is 0.0693 e. The van der Waals surface area contributed by atoms with Crippen molar-refractivity contribution in [1.82, 2.24) is 0 Å². The molecule has 2 aromatic rings. The van der Waals surface area contributed by atoms with Crippen LogP contribution in [-0.2, 0) is 6.61 Å². The second-order valence-corrected chi connectivity index (χ2v) is 5.21. The number of aliphatic hydroxyl groups is 1. The van der Waals surface area contributed by atoms with Crippen molar-refractivity contribution in [2.45, 2.75) is 6.61 Å². The van der Waals surface area contributed by atoms with Crippen LogP contribution in [0.3, 0.4) is 0 Å². The number of thiophene rings is 1. The first kappa shape index (κ1) is 9.65. The molecule has 0 amide bonds. The number of fused-ring (bicyclic) bond motifs is 1. The molecule has 13 heavy (non-hydrogen) atoms. The van der Waals surface area contributed by atoms with Crippen LogP contribution in [0.4, 0.5) is 0 Å². The van der Waals surface area contributed by atoms with E-state index in [2.05, 4.69) is 37.2 Å². The van der Waals surface area contributed by atoms with Gasteiger partial charge in [-0.05, 0) is 43.5 Å². The van der Waals surface area contributed by atoms with Crippen LogP contribution in [0.1, 0.15) is 5.56 Å². The van der Waals surface area contributed by atoms with Gasteiger partial charge < -0.3 is 5.11 Å². The summed E-state index contributed by atoms with van der Waals surface area (Å²) >= 11 is 8.66. The average Bonchev–Trinajstić information content (AvgIpc) is 2.49. The molecule has 1 heterocycles. The van der Waals surface area contributed by atoms with E-state index in [4.69, 9.17) is 5.11 Å². The molecule has 0 aliphatic rings. The van der Waals surface area contributed by atoms with Crippen molar-refractivity contribution < 1.29 is 5.11 Å². The summed E-state index contributed by atoms with van der Waals surface area (Å²) in [6.07, 6.45) is 0. The predicted molar refractivity (Wildman–Crippen MR) is 63.1 cm³/mol. The summed E-state index contributed by atoms with van der Waals surface area (Å²) in [6, 6.07) is 3.97. The highest BCUT2D eigenvalue weighted by atomic mass is 79.9. The second-order valence-electron chi connectivity index (χ2n) is 2.65. The number of hydrogen-bond donors (Lipinski definition) is 1. The Hall–Kier alpha value is 0.1000. The SMILES string of the molecule is OCc1ccc2scc(Br)c2c1Br. The zero-order valence-electron chi connectivity index (χ0n) is 6.55. The van der Waals surface area contributed by atoms with Crippen LogP contribution < -0.4 is 0 Å². The lowest BCUT2D eigenvalue weighted by Crippen LogP contribution is -1.84. The lowest BCUT2D eigenvalue weighted by atomic mass is 10.2. The number of hydrogen-bond acceptors (Lipinski definition) is 2. The van der Waals surface area contributed by atoms with Crippen LogP contribution in [-0.4, -0.2) is 5.11 Å². The molecule has 1 N–H and O–H groups in total. The molecule has 0 bridgehead atoms. The minimum absolute atomic E-state index is 0.0683. The molecular formula is C9H6Br2OS. The van der Waals surface area contributed by atoms with Crippen molar-refractivity contribution in [2.75, 3.05) is 0 Å². The Bertz CT molecular complexity index is 450. The van der Waals surface area contributed by atoms with Crippen LogP contribution in [0.5, 0.6) is 0 Å². The number of halogens is 2. The molecule has 0 atom stereocenters. The molecule has 68 valence electrons. The standard InChI is InChI=1S/C9H6Br2OS/c10-6-4-13-7-2-1-5(3-12)9(11)8(6)7/h1-2,4,12H,3H2. The first-order valence-corrected chi connectivity index (χ1v) is 6.15. The number of aliphatic hydroxyl groups excluding tert-OH is 1. The topological polar surface area (TPSA) is 20.2 Å². The van der Waals surface area contributed by atoms with Gasteiger partial charge in [-0.1, -0.05) is 6.07 Å². The van der Waals surface area contributed by atoms with E-state index in [1.807, 2.05) is 12.1 Å². The van der Waals surface area contributed by atoms with Gasteiger partial charge in [-0.3, -0.25) is 0 Å². The molecule has 0 aliphatic carbocycles. The van der Waals surface area contributed by atoms with E-state index in [0.29, 0.717) is 0 Å². The van der Waals surface area contributed by atoms with E-state index in [9.17, 15) is 0 Å². The molecule has 0 aliphatic heterocycles. The van der Waals surface area contributed by atoms with Crippen LogP contribution in [0, 0.1) is 0 Å². The fourth-order valence-electron chi connectivity index (χ4n) is 1.22. The van der Waals surface area contributed by atoms with Gasteiger partial charge >= 0.3 is 0 Å². The third-order valence-corrected chi connectivity index (χ3v) is 4.66. The van der Waals surface area contributed by atoms with Crippen molar-refractivity contribution in [3.63, 3.8) is 0 Å². The molecule has 0 unspecified atom stereocenters. The molecular weight excluding hydrogens is 316 g/mol. The fourth-order valence-corrected chi connectivity index (χ4v) is 3.95. The third kappa shape index (κ3) is 1.56. The maximum Gasteiger partial charge on any atom is 0.0693 e. The van der Waals surface area contributed by atoms with Crippen LogP contribution in [0.25, 0.3) is 10.1 Å². The molecule has 4 heteroatoms. The first-order valence-electron chi connectivity index (χ1n) is 3.69. The molecule has 1 aromatic carbocycles. The Labute approximate surface area is 96.6 Å². The minimum Gasteiger partial charge on any atom is -0.392 e. The molecule has 0 saturated carbocycles. The Morgan fingerprint density at radius 3 is 2.77 bits per heavy atom. The Morgan fingerprint density at radius 1 is 1.31 bits per heavy atom. The molecule has 1 aromatic heterocycles. The summed E-state index contributed by atoms with van der Waals surface area (Å²) in [6.45, 7) is 0.0683. The normalized spacial score (nSPS) is 11.0. The highest BCUT2D eigenvalue weighted by Gasteiger charge is 2.08. The van der Waals surface area contributed by atoms with Crippen molar-refractivity contribution in [2.24, 2.45) is 0 Å². The van der Waals surface area contributed by atoms with E-state index in [1.165, 1.54) is 4.70 Å². The lowest BCUT2D eigenvalue weighted by Gasteiger charge is -2.01. The average molecular weight is 322 g/mol. The van der Waals surface area contributed by atoms with Crippen LogP contribution in [0.2, 0.25) is 0 Å². The van der Waals surface area contributed by atoms with Crippen molar-refractivity contribution in [3.8, 4) is 0 Å². The molecule has 1 nitrogen and oxygen atoms in total. The monoisotopic (exact) mass is 320 g/mol. The summed E-state index contributed by atoms with van der Waals surface area (Å²) in [7, 11) is 0. The molecule has 0 fully saturated rings. The lowest BCUT2D eigenvalue weighted by molar-refractivity contribution is 0.281. The van der Waals surface area contributed by atoms with Crippen LogP contribution in [0.15, 0.2) is 26.5 Å². The van der Waals surface area contributed by atoms with Crippen molar-refractivity contribution in [1.29, 1.82) is 0 Å². The van der Waals surface area contributed by atoms with Gasteiger partial charge in [0.15, 0.2) is 0 Å².